The van der Waals surface area contributed by atoms with E-state index in [1.54, 1.807) is 6.07 Å². The summed E-state index contributed by atoms with van der Waals surface area (Å²) >= 11 is 0. The number of rotatable bonds is 3. The van der Waals surface area contributed by atoms with Gasteiger partial charge in [-0.15, -0.1) is 0 Å². The van der Waals surface area contributed by atoms with Gasteiger partial charge in [0, 0.05) is 0 Å². The van der Waals surface area contributed by atoms with Crippen LogP contribution in [-0.2, 0) is 4.79 Å². The summed E-state index contributed by atoms with van der Waals surface area (Å²) in [5, 5.41) is 10.9. The molecule has 0 spiro atoms. The van der Waals surface area contributed by atoms with Crippen LogP contribution in [0.25, 0.3) is 0 Å². The minimum atomic E-state index is -0.436. The summed E-state index contributed by atoms with van der Waals surface area (Å²) in [5.41, 5.74) is 0. The van der Waals surface area contributed by atoms with Gasteiger partial charge in [0.15, 0.2) is 5.76 Å². The molecule has 1 saturated heterocycles. The molecule has 2 amide bonds. The first-order valence-corrected chi connectivity index (χ1v) is 4.73. The van der Waals surface area contributed by atoms with Gasteiger partial charge in [-0.1, -0.05) is 0 Å². The molecule has 1 aliphatic heterocycles. The van der Waals surface area contributed by atoms with E-state index in [9.17, 15) is 9.59 Å². The van der Waals surface area contributed by atoms with Gasteiger partial charge >= 0.3 is 0 Å². The van der Waals surface area contributed by atoms with Gasteiger partial charge < -0.3 is 14.6 Å². The lowest BCUT2D eigenvalue weighted by Crippen LogP contribution is -2.33. The number of nitriles is 1. The van der Waals surface area contributed by atoms with Crippen molar-refractivity contribution in [3.8, 4) is 6.07 Å². The maximum Gasteiger partial charge on any atom is 0.287 e. The van der Waals surface area contributed by atoms with Gasteiger partial charge in [0.25, 0.3) is 5.91 Å². The molecule has 1 fully saturated rings. The highest BCUT2D eigenvalue weighted by Gasteiger charge is 2.38. The van der Waals surface area contributed by atoms with E-state index in [0.29, 0.717) is 6.54 Å². The van der Waals surface area contributed by atoms with Gasteiger partial charge in [0.2, 0.25) is 5.91 Å². The lowest BCUT2D eigenvalue weighted by Gasteiger charge is -2.03. The lowest BCUT2D eigenvalue weighted by molar-refractivity contribution is -0.124. The molecule has 1 aromatic rings. The zero-order valence-electron chi connectivity index (χ0n) is 8.34. The summed E-state index contributed by atoms with van der Waals surface area (Å²) in [6.07, 6.45) is 1.38. The van der Waals surface area contributed by atoms with Crippen molar-refractivity contribution >= 4 is 11.8 Å². The Bertz CT molecular complexity index is 446. The van der Waals surface area contributed by atoms with E-state index >= 15 is 0 Å². The van der Waals surface area contributed by atoms with Crippen LogP contribution in [-0.4, -0.2) is 35.8 Å². The van der Waals surface area contributed by atoms with Crippen molar-refractivity contribution in [3.63, 3.8) is 0 Å². The Kier molecular flexibility index (Phi) is 2.60. The Balaban J connectivity index is 1.78. The molecule has 0 bridgehead atoms. The van der Waals surface area contributed by atoms with Crippen LogP contribution in [0.5, 0.6) is 0 Å². The first-order chi connectivity index (χ1) is 7.72. The van der Waals surface area contributed by atoms with Crippen molar-refractivity contribution in [2.45, 2.75) is 6.04 Å². The van der Waals surface area contributed by atoms with Crippen LogP contribution < -0.4 is 5.32 Å². The molecule has 16 heavy (non-hydrogen) atoms. The molecule has 2 heterocycles. The fraction of sp³-hybridized carbons (Fsp3) is 0.300. The third kappa shape index (κ3) is 2.03. The standard InChI is InChI=1S/C10H9N3O3/c11-4-7-6-13(7)9(14)5-12-10(15)8-2-1-3-16-8/h1-3,7H,5-6H2,(H,12,15). The van der Waals surface area contributed by atoms with Gasteiger partial charge in [-0.05, 0) is 12.1 Å². The molecule has 1 N–H and O–H groups in total. The molecule has 6 nitrogen and oxygen atoms in total. The zero-order chi connectivity index (χ0) is 11.5. The van der Waals surface area contributed by atoms with Gasteiger partial charge in [-0.3, -0.25) is 9.59 Å². The molecule has 82 valence electrons. The van der Waals surface area contributed by atoms with Crippen LogP contribution in [0.15, 0.2) is 22.8 Å². The third-order valence-corrected chi connectivity index (χ3v) is 2.23. The molecular weight excluding hydrogens is 210 g/mol. The van der Waals surface area contributed by atoms with Crippen LogP contribution in [0.3, 0.4) is 0 Å². The molecule has 0 radical (unpaired) electrons. The number of furan rings is 1. The first-order valence-electron chi connectivity index (χ1n) is 4.73. The molecule has 1 unspecified atom stereocenters. The second-order valence-electron chi connectivity index (χ2n) is 3.35. The summed E-state index contributed by atoms with van der Waals surface area (Å²) in [6, 6.07) is 4.73. The molecule has 0 aromatic carbocycles. The van der Waals surface area contributed by atoms with Crippen LogP contribution >= 0.6 is 0 Å². The van der Waals surface area contributed by atoms with E-state index < -0.39 is 5.91 Å². The van der Waals surface area contributed by atoms with E-state index in [1.165, 1.54) is 17.2 Å². The van der Waals surface area contributed by atoms with Crippen molar-refractivity contribution in [1.82, 2.24) is 10.2 Å². The molecule has 6 heteroatoms. The van der Waals surface area contributed by atoms with Gasteiger partial charge in [-0.2, -0.15) is 5.26 Å². The second-order valence-corrected chi connectivity index (χ2v) is 3.35. The Morgan fingerprint density at radius 1 is 1.69 bits per heavy atom. The van der Waals surface area contributed by atoms with E-state index in [0.717, 1.165) is 0 Å². The highest BCUT2D eigenvalue weighted by molar-refractivity contribution is 5.94. The highest BCUT2D eigenvalue weighted by Crippen LogP contribution is 2.15. The fourth-order valence-corrected chi connectivity index (χ4v) is 1.28. The SMILES string of the molecule is N#CC1CN1C(=O)CNC(=O)c1ccco1. The monoisotopic (exact) mass is 219 g/mol. The molecule has 2 rings (SSSR count). The minimum absolute atomic E-state index is 0.113. The number of nitrogens with zero attached hydrogens (tertiary/aromatic N) is 2. The predicted octanol–water partition coefficient (Wildman–Crippen LogP) is -0.256. The number of carbonyl (C=O) groups excluding carboxylic acids is 2. The Hall–Kier alpha value is -2.29. The topological polar surface area (TPSA) is 86.1 Å². The number of nitrogens with one attached hydrogen (secondary N) is 1. The molecule has 1 aliphatic rings. The fourth-order valence-electron chi connectivity index (χ4n) is 1.28. The van der Waals surface area contributed by atoms with Crippen molar-refractivity contribution < 1.29 is 14.0 Å². The number of carbonyl (C=O) groups is 2. The summed E-state index contributed by atoms with van der Waals surface area (Å²) in [5.74, 6) is -0.532. The first kappa shape index (κ1) is 10.2. The van der Waals surface area contributed by atoms with Crippen molar-refractivity contribution in [3.05, 3.63) is 24.2 Å². The van der Waals surface area contributed by atoms with E-state index in [1.807, 2.05) is 6.07 Å². The molecule has 0 aliphatic carbocycles. The van der Waals surface area contributed by atoms with Crippen LogP contribution in [0.4, 0.5) is 0 Å². The maximum absolute atomic E-state index is 11.4. The van der Waals surface area contributed by atoms with E-state index in [2.05, 4.69) is 5.32 Å². The maximum atomic E-state index is 11.4. The molecule has 1 atom stereocenters. The van der Waals surface area contributed by atoms with Crippen molar-refractivity contribution in [2.75, 3.05) is 13.1 Å². The summed E-state index contributed by atoms with van der Waals surface area (Å²) in [7, 11) is 0. The summed E-state index contributed by atoms with van der Waals surface area (Å²) in [4.78, 5) is 24.1. The molecule has 1 aromatic heterocycles. The highest BCUT2D eigenvalue weighted by atomic mass is 16.3. The quantitative estimate of drug-likeness (QED) is 0.710. The van der Waals surface area contributed by atoms with Gasteiger partial charge in [0.05, 0.1) is 25.4 Å². The molecular formula is C10H9N3O3. The summed E-state index contributed by atoms with van der Waals surface area (Å²) < 4.78 is 4.86. The number of amides is 2. The third-order valence-electron chi connectivity index (χ3n) is 2.23. The van der Waals surface area contributed by atoms with E-state index in [4.69, 9.17) is 9.68 Å². The van der Waals surface area contributed by atoms with Crippen LogP contribution in [0.2, 0.25) is 0 Å². The number of hydrogen-bond acceptors (Lipinski definition) is 4. The largest absolute Gasteiger partial charge is 0.459 e. The van der Waals surface area contributed by atoms with Gasteiger partial charge in [-0.25, -0.2) is 0 Å². The van der Waals surface area contributed by atoms with Crippen LogP contribution in [0, 0.1) is 11.3 Å². The Morgan fingerprint density at radius 2 is 2.50 bits per heavy atom. The Morgan fingerprint density at radius 3 is 3.06 bits per heavy atom. The second kappa shape index (κ2) is 4.06. The van der Waals surface area contributed by atoms with Gasteiger partial charge in [0.1, 0.15) is 6.04 Å². The van der Waals surface area contributed by atoms with E-state index in [-0.39, 0.29) is 24.3 Å². The van der Waals surface area contributed by atoms with Crippen molar-refractivity contribution in [2.24, 2.45) is 0 Å². The summed E-state index contributed by atoms with van der Waals surface area (Å²) in [6.45, 7) is 0.337. The Labute approximate surface area is 91.4 Å². The minimum Gasteiger partial charge on any atom is -0.459 e. The normalized spacial score (nSPS) is 17.7. The average molecular weight is 219 g/mol. The number of hydrogen-bond donors (Lipinski definition) is 1. The van der Waals surface area contributed by atoms with Crippen molar-refractivity contribution in [1.29, 1.82) is 5.26 Å². The molecule has 0 saturated carbocycles. The predicted molar refractivity (Wildman–Crippen MR) is 52.2 cm³/mol. The lowest BCUT2D eigenvalue weighted by atomic mass is 10.4. The van der Waals surface area contributed by atoms with Crippen LogP contribution in [0.1, 0.15) is 10.6 Å². The average Bonchev–Trinajstić information content (AvgIpc) is 2.89. The smallest absolute Gasteiger partial charge is 0.287 e. The zero-order valence-corrected chi connectivity index (χ0v) is 8.34.